The molecular formula is C18H22F6N2O4S. The maximum Gasteiger partial charge on any atom is 0.416 e. The van der Waals surface area contributed by atoms with Crippen LogP contribution in [0.25, 0.3) is 0 Å². The van der Waals surface area contributed by atoms with Crippen LogP contribution in [0.1, 0.15) is 30.9 Å². The van der Waals surface area contributed by atoms with E-state index in [2.05, 4.69) is 0 Å². The van der Waals surface area contributed by atoms with Crippen molar-refractivity contribution in [3.8, 4) is 0 Å². The summed E-state index contributed by atoms with van der Waals surface area (Å²) in [6, 6.07) is 0.326. The van der Waals surface area contributed by atoms with Gasteiger partial charge >= 0.3 is 18.3 Å². The highest BCUT2D eigenvalue weighted by Gasteiger charge is 2.39. The van der Waals surface area contributed by atoms with Gasteiger partial charge < -0.3 is 9.64 Å². The molecule has 1 fully saturated rings. The van der Waals surface area contributed by atoms with E-state index in [1.165, 1.54) is 0 Å². The zero-order valence-corrected chi connectivity index (χ0v) is 17.4. The van der Waals surface area contributed by atoms with Crippen molar-refractivity contribution < 1.29 is 44.3 Å². The minimum absolute atomic E-state index is 0.0979. The van der Waals surface area contributed by atoms with Gasteiger partial charge in [0.25, 0.3) is 0 Å². The Morgan fingerprint density at radius 3 is 1.94 bits per heavy atom. The first-order chi connectivity index (χ1) is 14.2. The number of benzene rings is 1. The molecule has 1 aromatic rings. The van der Waals surface area contributed by atoms with E-state index >= 15 is 0 Å². The largest absolute Gasteiger partial charge is 0.466 e. The van der Waals surface area contributed by atoms with Gasteiger partial charge in [-0.15, -0.1) is 0 Å². The van der Waals surface area contributed by atoms with Crippen molar-refractivity contribution >= 4 is 16.0 Å². The highest BCUT2D eigenvalue weighted by Crippen LogP contribution is 2.37. The van der Waals surface area contributed by atoms with E-state index in [0.717, 1.165) is 4.31 Å². The summed E-state index contributed by atoms with van der Waals surface area (Å²) in [5.41, 5.74) is -3.36. The van der Waals surface area contributed by atoms with Crippen LogP contribution in [-0.4, -0.2) is 62.9 Å². The summed E-state index contributed by atoms with van der Waals surface area (Å²) in [6.07, 6.45) is -9.60. The van der Waals surface area contributed by atoms with Crippen molar-refractivity contribution in [3.05, 3.63) is 29.3 Å². The number of alkyl halides is 6. The lowest BCUT2D eigenvalue weighted by Crippen LogP contribution is -2.48. The number of nitrogens with zero attached hydrogens (tertiary/aromatic N) is 2. The van der Waals surface area contributed by atoms with Gasteiger partial charge in [-0.05, 0) is 38.1 Å². The number of hydrogen-bond acceptors (Lipinski definition) is 5. The molecule has 0 spiro atoms. The molecule has 0 unspecified atom stereocenters. The monoisotopic (exact) mass is 476 g/mol. The van der Waals surface area contributed by atoms with Crippen LogP contribution in [0.15, 0.2) is 23.1 Å². The number of rotatable bonds is 7. The van der Waals surface area contributed by atoms with Gasteiger partial charge in [0.05, 0.1) is 22.6 Å². The summed E-state index contributed by atoms with van der Waals surface area (Å²) >= 11 is 0. The van der Waals surface area contributed by atoms with Gasteiger partial charge in [0.2, 0.25) is 10.0 Å². The van der Waals surface area contributed by atoms with Crippen LogP contribution >= 0.6 is 0 Å². The Morgan fingerprint density at radius 2 is 1.48 bits per heavy atom. The molecule has 1 aliphatic rings. The summed E-state index contributed by atoms with van der Waals surface area (Å²) in [7, 11) is -4.56. The van der Waals surface area contributed by atoms with Crippen molar-refractivity contribution in [1.82, 2.24) is 9.21 Å². The van der Waals surface area contributed by atoms with Crippen molar-refractivity contribution in [2.45, 2.75) is 37.0 Å². The maximum atomic E-state index is 13.0. The van der Waals surface area contributed by atoms with Gasteiger partial charge in [-0.3, -0.25) is 4.79 Å². The van der Waals surface area contributed by atoms with E-state index in [4.69, 9.17) is 4.74 Å². The summed E-state index contributed by atoms with van der Waals surface area (Å²) in [6.45, 7) is 2.69. The maximum absolute atomic E-state index is 13.0. The van der Waals surface area contributed by atoms with Gasteiger partial charge in [-0.2, -0.15) is 30.6 Å². The minimum atomic E-state index is -5.14. The molecular weight excluding hydrogens is 454 g/mol. The molecule has 0 radical (unpaired) electrons. The van der Waals surface area contributed by atoms with Crippen molar-refractivity contribution in [3.63, 3.8) is 0 Å². The zero-order valence-electron chi connectivity index (χ0n) is 16.6. The summed E-state index contributed by atoms with van der Waals surface area (Å²) in [5, 5.41) is 0. The number of carbonyl (C=O) groups is 1. The molecule has 1 aliphatic heterocycles. The van der Waals surface area contributed by atoms with Crippen molar-refractivity contribution in [2.75, 3.05) is 39.3 Å². The molecule has 2 rings (SSSR count). The Morgan fingerprint density at radius 1 is 0.968 bits per heavy atom. The quantitative estimate of drug-likeness (QED) is 0.446. The highest BCUT2D eigenvalue weighted by molar-refractivity contribution is 7.89. The second-order valence-electron chi connectivity index (χ2n) is 6.90. The van der Waals surface area contributed by atoms with Gasteiger partial charge in [0.15, 0.2) is 0 Å². The summed E-state index contributed by atoms with van der Waals surface area (Å²) in [5.74, 6) is -0.353. The lowest BCUT2D eigenvalue weighted by atomic mass is 10.1. The Bertz CT molecular complexity index is 846. The minimum Gasteiger partial charge on any atom is -0.466 e. The van der Waals surface area contributed by atoms with Gasteiger partial charge in [0, 0.05) is 32.6 Å². The first-order valence-corrected chi connectivity index (χ1v) is 10.9. The third-order valence-electron chi connectivity index (χ3n) is 4.69. The molecule has 13 heteroatoms. The standard InChI is InChI=1S/C18H22F6N2O4S/c1-2-30-16(27)4-3-5-25-6-8-26(9-7-25)31(28,29)15-11-13(17(19,20)21)10-14(12-15)18(22,23)24/h10-12H,2-9H2,1H3. The molecule has 0 saturated carbocycles. The van der Waals surface area contributed by atoms with E-state index in [0.29, 0.717) is 13.0 Å². The van der Waals surface area contributed by atoms with Crippen LogP contribution in [0.2, 0.25) is 0 Å². The first kappa shape index (κ1) is 25.4. The van der Waals surface area contributed by atoms with Crippen LogP contribution in [-0.2, 0) is 31.9 Å². The molecule has 0 bridgehead atoms. The average Bonchev–Trinajstić information content (AvgIpc) is 2.67. The Kier molecular flexibility index (Phi) is 7.98. The third-order valence-corrected chi connectivity index (χ3v) is 6.57. The fraction of sp³-hybridized carbons (Fsp3) is 0.611. The lowest BCUT2D eigenvalue weighted by molar-refractivity contribution is -0.144. The molecule has 1 aromatic carbocycles. The summed E-state index contributed by atoms with van der Waals surface area (Å²) < 4.78 is 109. The Labute approximate surface area is 175 Å². The Hall–Kier alpha value is -1.86. The third kappa shape index (κ3) is 6.81. The number of hydrogen-bond donors (Lipinski definition) is 0. The highest BCUT2D eigenvalue weighted by atomic mass is 32.2. The van der Waals surface area contributed by atoms with E-state index < -0.39 is 38.4 Å². The van der Waals surface area contributed by atoms with Crippen LogP contribution in [0.4, 0.5) is 26.3 Å². The molecule has 6 nitrogen and oxygen atoms in total. The Balaban J connectivity index is 2.12. The van der Waals surface area contributed by atoms with Gasteiger partial charge in [-0.25, -0.2) is 8.42 Å². The number of sulfonamides is 1. The molecule has 31 heavy (non-hydrogen) atoms. The van der Waals surface area contributed by atoms with E-state index in [-0.39, 0.29) is 63.4 Å². The number of piperazine rings is 1. The number of esters is 1. The average molecular weight is 476 g/mol. The molecule has 176 valence electrons. The molecule has 0 N–H and O–H groups in total. The lowest BCUT2D eigenvalue weighted by Gasteiger charge is -2.34. The van der Waals surface area contributed by atoms with E-state index in [9.17, 15) is 39.6 Å². The topological polar surface area (TPSA) is 66.9 Å². The zero-order chi connectivity index (χ0) is 23.4. The van der Waals surface area contributed by atoms with E-state index in [1.54, 1.807) is 6.92 Å². The second kappa shape index (κ2) is 9.74. The molecule has 0 aromatic heterocycles. The van der Waals surface area contributed by atoms with Crippen LogP contribution < -0.4 is 0 Å². The van der Waals surface area contributed by atoms with Crippen LogP contribution in [0, 0.1) is 0 Å². The normalized spacial score (nSPS) is 17.0. The number of carbonyl (C=O) groups excluding carboxylic acids is 1. The van der Waals surface area contributed by atoms with Gasteiger partial charge in [0.1, 0.15) is 0 Å². The number of ether oxygens (including phenoxy) is 1. The molecule has 0 aliphatic carbocycles. The SMILES string of the molecule is CCOC(=O)CCCN1CCN(S(=O)(=O)c2cc(C(F)(F)F)cc(C(F)(F)F)c2)CC1. The fourth-order valence-corrected chi connectivity index (χ4v) is 4.59. The molecule has 1 saturated heterocycles. The van der Waals surface area contributed by atoms with Crippen LogP contribution in [0.3, 0.4) is 0 Å². The van der Waals surface area contributed by atoms with Gasteiger partial charge in [-0.1, -0.05) is 0 Å². The molecule has 0 amide bonds. The van der Waals surface area contributed by atoms with Crippen molar-refractivity contribution in [2.24, 2.45) is 0 Å². The first-order valence-electron chi connectivity index (χ1n) is 9.42. The van der Waals surface area contributed by atoms with E-state index in [1.807, 2.05) is 4.90 Å². The number of halogens is 6. The van der Waals surface area contributed by atoms with Crippen LogP contribution in [0.5, 0.6) is 0 Å². The predicted molar refractivity (Wildman–Crippen MR) is 97.5 cm³/mol. The summed E-state index contributed by atoms with van der Waals surface area (Å²) in [4.78, 5) is 12.1. The molecule has 0 atom stereocenters. The predicted octanol–water partition coefficient (Wildman–Crippen LogP) is 3.37. The second-order valence-corrected chi connectivity index (χ2v) is 8.83. The fourth-order valence-electron chi connectivity index (χ4n) is 3.10. The molecule has 1 heterocycles. The van der Waals surface area contributed by atoms with Crippen molar-refractivity contribution in [1.29, 1.82) is 0 Å². The smallest absolute Gasteiger partial charge is 0.416 e.